The third-order valence-corrected chi connectivity index (χ3v) is 9.05. The summed E-state index contributed by atoms with van der Waals surface area (Å²) in [5.74, 6) is 1.45. The first-order chi connectivity index (χ1) is 6.54. The Balaban J connectivity index is 5.88. The van der Waals surface area contributed by atoms with Gasteiger partial charge in [0.05, 0.1) is 0 Å². The zero-order valence-electron chi connectivity index (χ0n) is 10.4. The highest BCUT2D eigenvalue weighted by Gasteiger charge is 2.13. The molecule has 0 fully saturated rings. The minimum absolute atomic E-state index is 0.723. The summed E-state index contributed by atoms with van der Waals surface area (Å²) in [5.41, 5.74) is 0. The molecule has 0 aromatic heterocycles. The van der Waals surface area contributed by atoms with E-state index in [-0.39, 0.29) is 0 Å². The van der Waals surface area contributed by atoms with Gasteiger partial charge in [-0.05, 0) is 9.62 Å². The second kappa shape index (κ2) is 5.16. The highest BCUT2D eigenvalue weighted by Crippen LogP contribution is 2.45. The van der Waals surface area contributed by atoms with Gasteiger partial charge in [-0.15, -0.1) is 0 Å². The van der Waals surface area contributed by atoms with Gasteiger partial charge in [0.1, 0.15) is 0 Å². The SMILES string of the molecule is CCS(CC)(=NP(C)(C)=O)=NP(C)(C)=O. The van der Waals surface area contributed by atoms with E-state index in [1.54, 1.807) is 26.7 Å². The maximum atomic E-state index is 11.7. The third kappa shape index (κ3) is 6.55. The molecular formula is C8H22N2O2P2S. The van der Waals surface area contributed by atoms with Gasteiger partial charge in [-0.25, -0.2) is 0 Å². The number of hydrogen-bond donors (Lipinski definition) is 0. The lowest BCUT2D eigenvalue weighted by atomic mass is 11.0. The number of nitrogens with zero attached hydrogens (tertiary/aromatic N) is 2. The van der Waals surface area contributed by atoms with Crippen molar-refractivity contribution in [3.63, 3.8) is 0 Å². The van der Waals surface area contributed by atoms with Gasteiger partial charge >= 0.3 is 0 Å². The number of rotatable bonds is 4. The first-order valence-electron chi connectivity index (χ1n) is 4.91. The Morgan fingerprint density at radius 2 is 1.13 bits per heavy atom. The average Bonchev–Trinajstić information content (AvgIpc) is 1.98. The van der Waals surface area contributed by atoms with Crippen LogP contribution in [0.1, 0.15) is 13.8 Å². The van der Waals surface area contributed by atoms with Crippen LogP contribution in [0.25, 0.3) is 0 Å². The molecular weight excluding hydrogens is 250 g/mol. The van der Waals surface area contributed by atoms with E-state index in [1.165, 1.54) is 0 Å². The Morgan fingerprint density at radius 1 is 0.867 bits per heavy atom. The van der Waals surface area contributed by atoms with Gasteiger partial charge in [0, 0.05) is 38.2 Å². The minimum Gasteiger partial charge on any atom is -0.299 e. The second-order valence-electron chi connectivity index (χ2n) is 4.13. The van der Waals surface area contributed by atoms with Crippen LogP contribution in [0.4, 0.5) is 0 Å². The summed E-state index contributed by atoms with van der Waals surface area (Å²) in [6, 6.07) is 0. The molecule has 92 valence electrons. The van der Waals surface area contributed by atoms with Gasteiger partial charge in [0.25, 0.3) is 0 Å². The van der Waals surface area contributed by atoms with Gasteiger partial charge in [0.2, 0.25) is 0 Å². The first kappa shape index (κ1) is 15.4. The molecule has 15 heavy (non-hydrogen) atoms. The molecule has 0 aliphatic rings. The van der Waals surface area contributed by atoms with Gasteiger partial charge in [-0.3, -0.25) is 9.13 Å². The normalized spacial score (nSPS) is 13.7. The molecule has 0 bridgehead atoms. The summed E-state index contributed by atoms with van der Waals surface area (Å²) < 4.78 is 32.2. The Kier molecular flexibility index (Phi) is 5.30. The quantitative estimate of drug-likeness (QED) is 0.734. The van der Waals surface area contributed by atoms with Gasteiger partial charge < -0.3 is 0 Å². The van der Waals surface area contributed by atoms with E-state index in [9.17, 15) is 9.13 Å². The van der Waals surface area contributed by atoms with E-state index in [2.05, 4.69) is 8.27 Å². The molecule has 0 saturated heterocycles. The lowest BCUT2D eigenvalue weighted by molar-refractivity contribution is 0.583. The maximum Gasteiger partial charge on any atom is 0.191 e. The Labute approximate surface area is 93.9 Å². The van der Waals surface area contributed by atoms with Crippen LogP contribution in [0.5, 0.6) is 0 Å². The molecule has 0 amide bonds. The van der Waals surface area contributed by atoms with Crippen molar-refractivity contribution in [2.24, 2.45) is 8.27 Å². The fourth-order valence-corrected chi connectivity index (χ4v) is 9.72. The lowest BCUT2D eigenvalue weighted by Gasteiger charge is -2.15. The van der Waals surface area contributed by atoms with Crippen molar-refractivity contribution >= 4 is 24.2 Å². The third-order valence-electron chi connectivity index (χ3n) is 1.62. The van der Waals surface area contributed by atoms with E-state index < -0.39 is 24.2 Å². The predicted octanol–water partition coefficient (Wildman–Crippen LogP) is 3.62. The van der Waals surface area contributed by atoms with Crippen molar-refractivity contribution < 1.29 is 9.13 Å². The highest BCUT2D eigenvalue weighted by atomic mass is 32.2. The second-order valence-corrected chi connectivity index (χ2v) is 13.4. The topological polar surface area (TPSA) is 58.9 Å². The first-order valence-corrected chi connectivity index (χ1v) is 11.9. The summed E-state index contributed by atoms with van der Waals surface area (Å²) in [7, 11) is -6.58. The summed E-state index contributed by atoms with van der Waals surface area (Å²) in [6.07, 6.45) is 0. The monoisotopic (exact) mass is 272 g/mol. The average molecular weight is 272 g/mol. The van der Waals surface area contributed by atoms with Gasteiger partial charge in [-0.2, -0.15) is 8.27 Å². The lowest BCUT2D eigenvalue weighted by Crippen LogP contribution is -2.05. The number of hydrogen-bond acceptors (Lipinski definition) is 2. The summed E-state index contributed by atoms with van der Waals surface area (Å²) in [5, 5.41) is 0. The van der Waals surface area contributed by atoms with Crippen LogP contribution in [-0.4, -0.2) is 38.2 Å². The summed E-state index contributed by atoms with van der Waals surface area (Å²) in [6.45, 7) is 10.5. The van der Waals surface area contributed by atoms with Crippen LogP contribution < -0.4 is 0 Å². The molecule has 7 heteroatoms. The molecule has 0 aromatic carbocycles. The van der Waals surface area contributed by atoms with Crippen molar-refractivity contribution in [2.45, 2.75) is 13.8 Å². The molecule has 0 spiro atoms. The summed E-state index contributed by atoms with van der Waals surface area (Å²) in [4.78, 5) is 0. The van der Waals surface area contributed by atoms with Crippen LogP contribution in [0.3, 0.4) is 0 Å². The standard InChI is InChI=1S/C8H22N2O2P2S/c1-7-15(8-2,9-13(3,4)11)10-14(5,6)12/h7-8H2,1-6H3. The van der Waals surface area contributed by atoms with E-state index in [4.69, 9.17) is 0 Å². The van der Waals surface area contributed by atoms with E-state index in [0.29, 0.717) is 0 Å². The van der Waals surface area contributed by atoms with Crippen LogP contribution in [0.15, 0.2) is 8.27 Å². The van der Waals surface area contributed by atoms with Crippen LogP contribution in [0.2, 0.25) is 0 Å². The molecule has 0 aromatic rings. The van der Waals surface area contributed by atoms with E-state index in [1.807, 2.05) is 13.8 Å². The molecule has 0 atom stereocenters. The van der Waals surface area contributed by atoms with Crippen molar-refractivity contribution in [1.29, 1.82) is 0 Å². The van der Waals surface area contributed by atoms with Crippen molar-refractivity contribution in [3.05, 3.63) is 0 Å². The molecule has 4 nitrogen and oxygen atoms in total. The van der Waals surface area contributed by atoms with Crippen molar-refractivity contribution in [1.82, 2.24) is 0 Å². The Bertz CT molecular complexity index is 380. The highest BCUT2D eigenvalue weighted by molar-refractivity contribution is 8.01. The molecule has 0 rings (SSSR count). The Morgan fingerprint density at radius 3 is 1.27 bits per heavy atom. The zero-order chi connectivity index (χ0) is 12.3. The predicted molar refractivity (Wildman–Crippen MR) is 72.2 cm³/mol. The molecule has 0 radical (unpaired) electrons. The van der Waals surface area contributed by atoms with Crippen molar-refractivity contribution in [3.8, 4) is 0 Å². The molecule has 0 aliphatic heterocycles. The molecule has 0 heterocycles. The molecule has 0 unspecified atom stereocenters. The zero-order valence-corrected chi connectivity index (χ0v) is 13.0. The molecule has 0 saturated carbocycles. The van der Waals surface area contributed by atoms with E-state index >= 15 is 0 Å². The van der Waals surface area contributed by atoms with Crippen LogP contribution >= 0.6 is 14.6 Å². The van der Waals surface area contributed by atoms with Gasteiger partial charge in [0.15, 0.2) is 14.6 Å². The van der Waals surface area contributed by atoms with E-state index in [0.717, 1.165) is 11.5 Å². The minimum atomic E-state index is -2.46. The van der Waals surface area contributed by atoms with Crippen LogP contribution in [-0.2, 0) is 18.8 Å². The summed E-state index contributed by atoms with van der Waals surface area (Å²) >= 11 is 0. The fourth-order valence-electron chi connectivity index (χ4n) is 1.18. The fraction of sp³-hybridized carbons (Fsp3) is 1.00. The smallest absolute Gasteiger partial charge is 0.191 e. The molecule has 0 N–H and O–H groups in total. The van der Waals surface area contributed by atoms with Crippen LogP contribution in [0, 0.1) is 0 Å². The van der Waals surface area contributed by atoms with Crippen molar-refractivity contribution in [2.75, 3.05) is 38.2 Å². The maximum absolute atomic E-state index is 11.7. The Hall–Kier alpha value is 0.410. The molecule has 0 aliphatic carbocycles. The van der Waals surface area contributed by atoms with Gasteiger partial charge in [-0.1, -0.05) is 13.8 Å². The largest absolute Gasteiger partial charge is 0.299 e.